The van der Waals surface area contributed by atoms with Gasteiger partial charge in [-0.05, 0) is 53.3 Å². The topological polar surface area (TPSA) is 29.5 Å². The van der Waals surface area contributed by atoms with Crippen LogP contribution in [0.15, 0.2) is 35.7 Å². The Balaban J connectivity index is 2.23. The number of thiophene rings is 1. The fourth-order valence-electron chi connectivity index (χ4n) is 2.52. The van der Waals surface area contributed by atoms with E-state index in [1.165, 1.54) is 17.4 Å². The van der Waals surface area contributed by atoms with Gasteiger partial charge in [-0.2, -0.15) is 0 Å². The summed E-state index contributed by atoms with van der Waals surface area (Å²) in [6.07, 6.45) is 0. The number of rotatable bonds is 3. The lowest BCUT2D eigenvalue weighted by molar-refractivity contribution is 0.281. The van der Waals surface area contributed by atoms with E-state index in [9.17, 15) is 9.50 Å². The zero-order chi connectivity index (χ0) is 15.0. The second-order valence-electron chi connectivity index (χ2n) is 4.94. The Morgan fingerprint density at radius 3 is 2.67 bits per heavy atom. The number of ether oxygens (including phenoxy) is 1. The van der Waals surface area contributed by atoms with Crippen LogP contribution in [-0.2, 0) is 6.61 Å². The van der Waals surface area contributed by atoms with E-state index < -0.39 is 0 Å². The molecular weight excluding hydrogens is 287 g/mol. The lowest BCUT2D eigenvalue weighted by Crippen LogP contribution is -1.88. The first-order valence-electron chi connectivity index (χ1n) is 6.59. The van der Waals surface area contributed by atoms with Crippen molar-refractivity contribution in [2.24, 2.45) is 0 Å². The fourth-order valence-corrected chi connectivity index (χ4v) is 3.47. The third-order valence-corrected chi connectivity index (χ3v) is 4.60. The largest absolute Gasteiger partial charge is 0.497 e. The summed E-state index contributed by atoms with van der Waals surface area (Å²) in [5.74, 6) is 0.525. The molecule has 2 nitrogen and oxygen atoms in total. The number of hydrogen-bond donors (Lipinski definition) is 1. The van der Waals surface area contributed by atoms with Gasteiger partial charge >= 0.3 is 0 Å². The first-order chi connectivity index (χ1) is 10.1. The van der Waals surface area contributed by atoms with E-state index in [1.54, 1.807) is 7.11 Å². The molecule has 0 fully saturated rings. The van der Waals surface area contributed by atoms with Crippen molar-refractivity contribution in [3.8, 4) is 16.9 Å². The maximum Gasteiger partial charge on any atom is 0.141 e. The van der Waals surface area contributed by atoms with Gasteiger partial charge in [0.25, 0.3) is 0 Å². The maximum absolute atomic E-state index is 14.1. The Morgan fingerprint density at radius 1 is 1.19 bits per heavy atom. The Bertz CT molecular complexity index is 808. The van der Waals surface area contributed by atoms with Crippen LogP contribution in [0.2, 0.25) is 0 Å². The van der Waals surface area contributed by atoms with Gasteiger partial charge in [-0.3, -0.25) is 0 Å². The molecule has 0 aliphatic carbocycles. The quantitative estimate of drug-likeness (QED) is 0.771. The van der Waals surface area contributed by atoms with Gasteiger partial charge in [0, 0.05) is 10.9 Å². The normalized spacial score (nSPS) is 11.0. The number of fused-ring (bicyclic) bond motifs is 1. The zero-order valence-electron chi connectivity index (χ0n) is 11.8. The molecule has 0 aliphatic heterocycles. The molecule has 1 heterocycles. The van der Waals surface area contributed by atoms with Crippen molar-refractivity contribution in [3.63, 3.8) is 0 Å². The van der Waals surface area contributed by atoms with E-state index in [0.29, 0.717) is 10.3 Å². The summed E-state index contributed by atoms with van der Waals surface area (Å²) in [6.45, 7) is 1.84. The molecule has 0 unspecified atom stereocenters. The summed E-state index contributed by atoms with van der Waals surface area (Å²) < 4.78 is 19.9. The molecule has 2 aromatic carbocycles. The van der Waals surface area contributed by atoms with E-state index in [1.807, 2.05) is 36.6 Å². The van der Waals surface area contributed by atoms with Crippen molar-refractivity contribution in [1.29, 1.82) is 0 Å². The highest BCUT2D eigenvalue weighted by Gasteiger charge is 2.13. The summed E-state index contributed by atoms with van der Waals surface area (Å²) >= 11 is 1.39. The van der Waals surface area contributed by atoms with E-state index in [2.05, 4.69) is 0 Å². The van der Waals surface area contributed by atoms with E-state index in [-0.39, 0.29) is 12.4 Å². The molecule has 1 aromatic heterocycles. The molecule has 0 aliphatic rings. The van der Waals surface area contributed by atoms with Crippen LogP contribution in [0.4, 0.5) is 4.39 Å². The van der Waals surface area contributed by atoms with Gasteiger partial charge < -0.3 is 9.84 Å². The highest BCUT2D eigenvalue weighted by molar-refractivity contribution is 7.17. The second-order valence-corrected chi connectivity index (χ2v) is 5.82. The molecule has 0 saturated heterocycles. The monoisotopic (exact) mass is 302 g/mol. The van der Waals surface area contributed by atoms with Crippen LogP contribution in [0.3, 0.4) is 0 Å². The smallest absolute Gasteiger partial charge is 0.141 e. The summed E-state index contributed by atoms with van der Waals surface area (Å²) in [4.78, 5) is 0. The molecular formula is C17H15FO2S. The third kappa shape index (κ3) is 2.41. The van der Waals surface area contributed by atoms with Gasteiger partial charge in [-0.1, -0.05) is 6.07 Å². The van der Waals surface area contributed by atoms with Crippen molar-refractivity contribution in [2.75, 3.05) is 7.11 Å². The highest BCUT2D eigenvalue weighted by atomic mass is 32.1. The average molecular weight is 302 g/mol. The van der Waals surface area contributed by atoms with Crippen LogP contribution < -0.4 is 4.74 Å². The minimum absolute atomic E-state index is 0.163. The number of aliphatic hydroxyl groups excluding tert-OH is 1. The lowest BCUT2D eigenvalue weighted by atomic mass is 9.99. The number of hydrogen-bond acceptors (Lipinski definition) is 3. The van der Waals surface area contributed by atoms with Gasteiger partial charge in [-0.25, -0.2) is 4.39 Å². The Labute approximate surface area is 126 Å². The number of methoxy groups -OCH3 is 1. The van der Waals surface area contributed by atoms with Crippen LogP contribution in [-0.4, -0.2) is 12.2 Å². The van der Waals surface area contributed by atoms with Crippen LogP contribution in [0.5, 0.6) is 5.75 Å². The summed E-state index contributed by atoms with van der Waals surface area (Å²) in [7, 11) is 1.64. The molecule has 0 saturated carbocycles. The van der Waals surface area contributed by atoms with Crippen molar-refractivity contribution < 1.29 is 14.2 Å². The molecule has 3 aromatic rings. The summed E-state index contributed by atoms with van der Waals surface area (Å²) in [5, 5.41) is 12.1. The Kier molecular flexibility index (Phi) is 3.66. The predicted octanol–water partition coefficient (Wildman–Crippen LogP) is 4.52. The second kappa shape index (κ2) is 5.47. The molecule has 3 rings (SSSR count). The molecule has 4 heteroatoms. The van der Waals surface area contributed by atoms with Crippen LogP contribution in [0.1, 0.15) is 11.1 Å². The molecule has 21 heavy (non-hydrogen) atoms. The van der Waals surface area contributed by atoms with Crippen molar-refractivity contribution in [3.05, 3.63) is 52.7 Å². The number of benzene rings is 2. The molecule has 108 valence electrons. The predicted molar refractivity (Wildman–Crippen MR) is 84.4 cm³/mol. The number of aliphatic hydroxyl groups is 1. The van der Waals surface area contributed by atoms with Gasteiger partial charge in [-0.15, -0.1) is 11.3 Å². The minimum Gasteiger partial charge on any atom is -0.497 e. The van der Waals surface area contributed by atoms with Gasteiger partial charge in [0.05, 0.1) is 18.4 Å². The van der Waals surface area contributed by atoms with E-state index >= 15 is 0 Å². The molecule has 0 radical (unpaired) electrons. The van der Waals surface area contributed by atoms with E-state index in [4.69, 9.17) is 4.74 Å². The SMILES string of the molecule is COc1ccc(-c2csc3c(F)cc(CO)cc23)c(C)c1. The third-order valence-electron chi connectivity index (χ3n) is 3.59. The lowest BCUT2D eigenvalue weighted by Gasteiger charge is -2.08. The summed E-state index contributed by atoms with van der Waals surface area (Å²) in [5.41, 5.74) is 3.70. The summed E-state index contributed by atoms with van der Waals surface area (Å²) in [6, 6.07) is 9.10. The first kappa shape index (κ1) is 14.0. The Morgan fingerprint density at radius 2 is 2.00 bits per heavy atom. The minimum atomic E-state index is -0.279. The fraction of sp³-hybridized carbons (Fsp3) is 0.176. The molecule has 0 spiro atoms. The van der Waals surface area contributed by atoms with Crippen molar-refractivity contribution in [1.82, 2.24) is 0 Å². The maximum atomic E-state index is 14.1. The molecule has 0 bridgehead atoms. The Hall–Kier alpha value is -1.91. The van der Waals surface area contributed by atoms with E-state index in [0.717, 1.165) is 27.8 Å². The number of aryl methyl sites for hydroxylation is 1. The first-order valence-corrected chi connectivity index (χ1v) is 7.47. The van der Waals surface area contributed by atoms with Crippen LogP contribution >= 0.6 is 11.3 Å². The molecule has 0 amide bonds. The zero-order valence-corrected chi connectivity index (χ0v) is 12.6. The van der Waals surface area contributed by atoms with Crippen LogP contribution in [0.25, 0.3) is 21.2 Å². The van der Waals surface area contributed by atoms with Gasteiger partial charge in [0.1, 0.15) is 11.6 Å². The van der Waals surface area contributed by atoms with Gasteiger partial charge in [0.15, 0.2) is 0 Å². The van der Waals surface area contributed by atoms with Crippen molar-refractivity contribution in [2.45, 2.75) is 13.5 Å². The molecule has 1 N–H and O–H groups in total. The average Bonchev–Trinajstić information content (AvgIpc) is 2.91. The van der Waals surface area contributed by atoms with Gasteiger partial charge in [0.2, 0.25) is 0 Å². The van der Waals surface area contributed by atoms with Crippen molar-refractivity contribution >= 4 is 21.4 Å². The number of halogens is 1. The standard InChI is InChI=1S/C17H15FO2S/c1-10-5-12(20-2)3-4-13(10)15-9-21-17-14(15)6-11(8-19)7-16(17)18/h3-7,9,19H,8H2,1-2H3. The highest BCUT2D eigenvalue weighted by Crippen LogP contribution is 2.38. The molecule has 0 atom stereocenters. The van der Waals surface area contributed by atoms with Crippen LogP contribution in [0, 0.1) is 12.7 Å².